The quantitative estimate of drug-likeness (QED) is 0.847. The Labute approximate surface area is 107 Å². The second kappa shape index (κ2) is 5.40. The van der Waals surface area contributed by atoms with E-state index in [4.69, 9.17) is 0 Å². The molecule has 1 aromatic rings. The molecule has 0 aliphatic carbocycles. The summed E-state index contributed by atoms with van der Waals surface area (Å²) in [5.74, 6) is 0.246. The molecule has 1 atom stereocenters. The van der Waals surface area contributed by atoms with Crippen molar-refractivity contribution in [2.45, 2.75) is 32.2 Å². The maximum Gasteiger partial charge on any atom is 0.227 e. The highest BCUT2D eigenvalue weighted by molar-refractivity contribution is 5.79. The molecule has 1 aliphatic rings. The molecule has 2 rings (SSSR count). The van der Waals surface area contributed by atoms with Crippen molar-refractivity contribution in [3.8, 4) is 5.75 Å². The van der Waals surface area contributed by atoms with Gasteiger partial charge in [-0.15, -0.1) is 0 Å². The van der Waals surface area contributed by atoms with Gasteiger partial charge in [-0.2, -0.15) is 0 Å². The van der Waals surface area contributed by atoms with Gasteiger partial charge in [0.2, 0.25) is 5.91 Å². The molecule has 0 aromatic heterocycles. The number of likely N-dealkylation sites (tertiary alicyclic amines) is 1. The average Bonchev–Trinajstić information content (AvgIpc) is 2.82. The fraction of sp³-hybridized carbons (Fsp3) is 0.500. The standard InChI is InChI=1S/C14H19NO3/c1-10-4-5-11(7-13(10)17)8-14(18)15-6-2-3-12(15)9-16/h4-5,7,12,16-17H,2-3,6,8-9H2,1H3/t12-/m0/s1. The molecule has 18 heavy (non-hydrogen) atoms. The first-order chi connectivity index (χ1) is 8.61. The molecule has 1 fully saturated rings. The van der Waals surface area contributed by atoms with E-state index in [2.05, 4.69) is 0 Å². The first-order valence-electron chi connectivity index (χ1n) is 6.30. The van der Waals surface area contributed by atoms with E-state index in [0.717, 1.165) is 30.5 Å². The molecule has 1 amide bonds. The van der Waals surface area contributed by atoms with E-state index < -0.39 is 0 Å². The lowest BCUT2D eigenvalue weighted by molar-refractivity contribution is -0.131. The van der Waals surface area contributed by atoms with Crippen LogP contribution in [0.3, 0.4) is 0 Å². The Morgan fingerprint density at radius 1 is 1.50 bits per heavy atom. The molecule has 4 nitrogen and oxygen atoms in total. The number of aromatic hydroxyl groups is 1. The maximum absolute atomic E-state index is 12.1. The van der Waals surface area contributed by atoms with Crippen LogP contribution in [-0.4, -0.2) is 40.2 Å². The van der Waals surface area contributed by atoms with E-state index in [9.17, 15) is 15.0 Å². The average molecular weight is 249 g/mol. The van der Waals surface area contributed by atoms with Gasteiger partial charge >= 0.3 is 0 Å². The summed E-state index contributed by atoms with van der Waals surface area (Å²) in [5.41, 5.74) is 1.62. The van der Waals surface area contributed by atoms with Gasteiger partial charge in [0.05, 0.1) is 19.1 Å². The summed E-state index contributed by atoms with van der Waals surface area (Å²) in [4.78, 5) is 13.9. The van der Waals surface area contributed by atoms with Gasteiger partial charge in [0.1, 0.15) is 5.75 Å². The number of phenolic OH excluding ortho intramolecular Hbond substituents is 1. The van der Waals surface area contributed by atoms with Crippen molar-refractivity contribution in [3.63, 3.8) is 0 Å². The van der Waals surface area contributed by atoms with Gasteiger partial charge in [-0.1, -0.05) is 12.1 Å². The summed E-state index contributed by atoms with van der Waals surface area (Å²) in [5, 5.41) is 18.8. The largest absolute Gasteiger partial charge is 0.508 e. The van der Waals surface area contributed by atoms with Crippen LogP contribution in [0.2, 0.25) is 0 Å². The first-order valence-corrected chi connectivity index (χ1v) is 6.30. The molecule has 1 aliphatic heterocycles. The Bertz CT molecular complexity index is 445. The number of rotatable bonds is 3. The maximum atomic E-state index is 12.1. The van der Waals surface area contributed by atoms with Crippen molar-refractivity contribution in [2.24, 2.45) is 0 Å². The smallest absolute Gasteiger partial charge is 0.227 e. The second-order valence-corrected chi connectivity index (χ2v) is 4.86. The normalized spacial score (nSPS) is 19.2. The van der Waals surface area contributed by atoms with E-state index in [1.54, 1.807) is 11.0 Å². The summed E-state index contributed by atoms with van der Waals surface area (Å²) < 4.78 is 0. The lowest BCUT2D eigenvalue weighted by Crippen LogP contribution is -2.38. The van der Waals surface area contributed by atoms with Crippen LogP contribution in [0.5, 0.6) is 5.75 Å². The van der Waals surface area contributed by atoms with Gasteiger partial charge in [-0.25, -0.2) is 0 Å². The van der Waals surface area contributed by atoms with E-state index in [1.165, 1.54) is 0 Å². The number of phenols is 1. The zero-order valence-corrected chi connectivity index (χ0v) is 10.6. The zero-order valence-electron chi connectivity index (χ0n) is 10.6. The van der Waals surface area contributed by atoms with Gasteiger partial charge in [0.15, 0.2) is 0 Å². The van der Waals surface area contributed by atoms with Crippen LogP contribution in [0.15, 0.2) is 18.2 Å². The highest BCUT2D eigenvalue weighted by Crippen LogP contribution is 2.21. The third-order valence-electron chi connectivity index (χ3n) is 3.54. The van der Waals surface area contributed by atoms with Gasteiger partial charge in [-0.05, 0) is 37.0 Å². The highest BCUT2D eigenvalue weighted by Gasteiger charge is 2.27. The van der Waals surface area contributed by atoms with Crippen LogP contribution in [0, 0.1) is 6.92 Å². The van der Waals surface area contributed by atoms with Crippen LogP contribution in [0.1, 0.15) is 24.0 Å². The monoisotopic (exact) mass is 249 g/mol. The third-order valence-corrected chi connectivity index (χ3v) is 3.54. The minimum Gasteiger partial charge on any atom is -0.508 e. The lowest BCUT2D eigenvalue weighted by atomic mass is 10.1. The molecule has 1 heterocycles. The molecule has 98 valence electrons. The number of nitrogens with zero attached hydrogens (tertiary/aromatic N) is 1. The molecular weight excluding hydrogens is 230 g/mol. The SMILES string of the molecule is Cc1ccc(CC(=O)N2CCC[C@H]2CO)cc1O. The van der Waals surface area contributed by atoms with Crippen LogP contribution in [0.4, 0.5) is 0 Å². The summed E-state index contributed by atoms with van der Waals surface area (Å²) in [6, 6.07) is 5.27. The molecule has 0 unspecified atom stereocenters. The van der Waals surface area contributed by atoms with E-state index in [1.807, 2.05) is 19.1 Å². The second-order valence-electron chi connectivity index (χ2n) is 4.86. The number of hydrogen-bond acceptors (Lipinski definition) is 3. The van der Waals surface area contributed by atoms with Crippen LogP contribution >= 0.6 is 0 Å². The number of hydrogen-bond donors (Lipinski definition) is 2. The number of carbonyl (C=O) groups excluding carboxylic acids is 1. The molecule has 0 saturated carbocycles. The Balaban J connectivity index is 2.04. The Morgan fingerprint density at radius 3 is 2.94 bits per heavy atom. The Kier molecular flexibility index (Phi) is 3.87. The van der Waals surface area contributed by atoms with Crippen molar-refractivity contribution in [2.75, 3.05) is 13.2 Å². The number of benzene rings is 1. The molecule has 1 saturated heterocycles. The van der Waals surface area contributed by atoms with Gasteiger partial charge in [-0.3, -0.25) is 4.79 Å². The lowest BCUT2D eigenvalue weighted by Gasteiger charge is -2.23. The van der Waals surface area contributed by atoms with Gasteiger partial charge in [0, 0.05) is 6.54 Å². The van der Waals surface area contributed by atoms with Crippen molar-refractivity contribution < 1.29 is 15.0 Å². The van der Waals surface area contributed by atoms with Crippen molar-refractivity contribution in [1.82, 2.24) is 4.90 Å². The van der Waals surface area contributed by atoms with Crippen LogP contribution in [0.25, 0.3) is 0 Å². The topological polar surface area (TPSA) is 60.8 Å². The minimum atomic E-state index is -0.0310. The van der Waals surface area contributed by atoms with Crippen molar-refractivity contribution in [3.05, 3.63) is 29.3 Å². The summed E-state index contributed by atoms with van der Waals surface area (Å²) in [6.07, 6.45) is 2.11. The predicted octanol–water partition coefficient (Wildman–Crippen LogP) is 1.23. The molecule has 4 heteroatoms. The van der Waals surface area contributed by atoms with Gasteiger partial charge in [0.25, 0.3) is 0 Å². The summed E-state index contributed by atoms with van der Waals surface area (Å²) in [6.45, 7) is 2.58. The molecule has 0 spiro atoms. The summed E-state index contributed by atoms with van der Waals surface area (Å²) >= 11 is 0. The molecule has 0 bridgehead atoms. The summed E-state index contributed by atoms with van der Waals surface area (Å²) in [7, 11) is 0. The van der Waals surface area contributed by atoms with Crippen molar-refractivity contribution in [1.29, 1.82) is 0 Å². The fourth-order valence-corrected chi connectivity index (χ4v) is 2.39. The van der Waals surface area contributed by atoms with E-state index >= 15 is 0 Å². The van der Waals surface area contributed by atoms with Crippen LogP contribution in [-0.2, 0) is 11.2 Å². The van der Waals surface area contributed by atoms with E-state index in [0.29, 0.717) is 0 Å². The van der Waals surface area contributed by atoms with Crippen molar-refractivity contribution >= 4 is 5.91 Å². The minimum absolute atomic E-state index is 0.0230. The number of carbonyl (C=O) groups is 1. The predicted molar refractivity (Wildman–Crippen MR) is 68.4 cm³/mol. The number of aliphatic hydroxyl groups is 1. The zero-order chi connectivity index (χ0) is 13.1. The number of aryl methyl sites for hydroxylation is 1. The Morgan fingerprint density at radius 2 is 2.28 bits per heavy atom. The molecule has 0 radical (unpaired) electrons. The first kappa shape index (κ1) is 12.9. The third kappa shape index (κ3) is 2.64. The molecule has 1 aromatic carbocycles. The number of amides is 1. The number of aliphatic hydroxyl groups excluding tert-OH is 1. The highest BCUT2D eigenvalue weighted by atomic mass is 16.3. The molecule has 2 N–H and O–H groups in total. The molecular formula is C14H19NO3. The van der Waals surface area contributed by atoms with E-state index in [-0.39, 0.29) is 30.7 Å². The van der Waals surface area contributed by atoms with Gasteiger partial charge < -0.3 is 15.1 Å². The fourth-order valence-electron chi connectivity index (χ4n) is 2.39. The van der Waals surface area contributed by atoms with Crippen LogP contribution < -0.4 is 0 Å². The Hall–Kier alpha value is -1.55.